The second kappa shape index (κ2) is 7.08. The Balaban J connectivity index is 1.82. The van der Waals surface area contributed by atoms with Crippen LogP contribution in [0.4, 0.5) is 0 Å². The molecule has 2 aliphatic rings. The normalized spacial score (nSPS) is 18.4. The fourth-order valence-electron chi connectivity index (χ4n) is 4.76. The maximum Gasteiger partial charge on any atom is 0.315 e. The van der Waals surface area contributed by atoms with Crippen LogP contribution in [0.3, 0.4) is 0 Å². The number of hydrogen-bond donors (Lipinski definition) is 1. The van der Waals surface area contributed by atoms with Crippen molar-refractivity contribution in [2.24, 2.45) is 0 Å². The maximum atomic E-state index is 12.6. The molecule has 1 aliphatic heterocycles. The van der Waals surface area contributed by atoms with E-state index in [-0.39, 0.29) is 17.0 Å². The van der Waals surface area contributed by atoms with Crippen molar-refractivity contribution in [3.63, 3.8) is 0 Å². The van der Waals surface area contributed by atoms with Crippen molar-refractivity contribution in [3.05, 3.63) is 57.3 Å². The van der Waals surface area contributed by atoms with Crippen LogP contribution in [0.5, 0.6) is 5.75 Å². The molecule has 1 aliphatic carbocycles. The Morgan fingerprint density at radius 1 is 1.18 bits per heavy atom. The van der Waals surface area contributed by atoms with Crippen molar-refractivity contribution in [1.29, 1.82) is 0 Å². The number of carbonyl (C=O) groups excluding carboxylic acids is 1. The van der Waals surface area contributed by atoms with Crippen LogP contribution in [0, 0.1) is 0 Å². The van der Waals surface area contributed by atoms with Crippen LogP contribution >= 0.6 is 0 Å². The molecule has 1 aromatic carbocycles. The van der Waals surface area contributed by atoms with E-state index in [0.29, 0.717) is 25.3 Å². The highest BCUT2D eigenvalue weighted by Crippen LogP contribution is 2.44. The molecule has 1 amide bonds. The minimum Gasteiger partial charge on any atom is -0.501 e. The number of amides is 1. The lowest BCUT2D eigenvalue weighted by Gasteiger charge is -2.33. The molecule has 0 bridgehead atoms. The van der Waals surface area contributed by atoms with Crippen LogP contribution in [-0.2, 0) is 24.8 Å². The van der Waals surface area contributed by atoms with Crippen LogP contribution in [0.2, 0.25) is 0 Å². The Kier molecular flexibility index (Phi) is 4.73. The minimum absolute atomic E-state index is 0.0746. The highest BCUT2D eigenvalue weighted by Gasteiger charge is 2.38. The number of fused-ring (bicyclic) bond motifs is 1. The van der Waals surface area contributed by atoms with Crippen LogP contribution in [0.15, 0.2) is 29.1 Å². The van der Waals surface area contributed by atoms with Crippen molar-refractivity contribution in [3.8, 4) is 5.75 Å². The Morgan fingerprint density at radius 2 is 1.93 bits per heavy atom. The quantitative estimate of drug-likeness (QED) is 0.883. The molecule has 28 heavy (non-hydrogen) atoms. The molecule has 1 aromatic heterocycles. The molecular weight excluding hydrogens is 354 g/mol. The maximum absolute atomic E-state index is 12.6. The van der Waals surface area contributed by atoms with Gasteiger partial charge in [0.2, 0.25) is 5.75 Å². The first-order chi connectivity index (χ1) is 13.4. The Labute approximate surface area is 164 Å². The van der Waals surface area contributed by atoms with Crippen LogP contribution in [0.25, 0.3) is 0 Å². The lowest BCUT2D eigenvalue weighted by molar-refractivity contribution is 0.0737. The van der Waals surface area contributed by atoms with Gasteiger partial charge in [0.25, 0.3) is 5.91 Å². The summed E-state index contributed by atoms with van der Waals surface area (Å²) in [6.45, 7) is 3.24. The summed E-state index contributed by atoms with van der Waals surface area (Å²) >= 11 is 0. The topological polar surface area (TPSA) is 75.4 Å². The lowest BCUT2D eigenvalue weighted by Crippen LogP contribution is -2.42. The van der Waals surface area contributed by atoms with Crippen molar-refractivity contribution in [1.82, 2.24) is 14.5 Å². The third-order valence-corrected chi connectivity index (χ3v) is 6.45. The van der Waals surface area contributed by atoms with Gasteiger partial charge in [-0.25, -0.2) is 0 Å². The predicted molar refractivity (Wildman–Crippen MR) is 107 cm³/mol. The number of rotatable bonds is 4. The number of carbonyl (C=O) groups is 1. The lowest BCUT2D eigenvalue weighted by atomic mass is 9.75. The van der Waals surface area contributed by atoms with Gasteiger partial charge < -0.3 is 14.6 Å². The zero-order valence-electron chi connectivity index (χ0n) is 16.6. The van der Waals surface area contributed by atoms with E-state index >= 15 is 0 Å². The van der Waals surface area contributed by atoms with Crippen LogP contribution in [0.1, 0.15) is 60.0 Å². The van der Waals surface area contributed by atoms with Crippen molar-refractivity contribution in [2.45, 2.75) is 57.4 Å². The molecule has 0 unspecified atom stereocenters. The Bertz CT molecular complexity index is 973. The largest absolute Gasteiger partial charge is 0.501 e. The molecule has 1 N–H and O–H groups in total. The summed E-state index contributed by atoms with van der Waals surface area (Å²) in [6, 6.07) is 8.71. The summed E-state index contributed by atoms with van der Waals surface area (Å²) in [5.41, 5.74) is 1.90. The van der Waals surface area contributed by atoms with E-state index in [9.17, 15) is 14.7 Å². The van der Waals surface area contributed by atoms with E-state index in [4.69, 9.17) is 0 Å². The van der Waals surface area contributed by atoms with Gasteiger partial charge in [0.15, 0.2) is 5.69 Å². The summed E-state index contributed by atoms with van der Waals surface area (Å²) in [7, 11) is 1.69. The second-order valence-corrected chi connectivity index (χ2v) is 8.13. The summed E-state index contributed by atoms with van der Waals surface area (Å²) in [6.07, 6.45) is 5.97. The molecule has 0 atom stereocenters. The molecule has 6 nitrogen and oxygen atoms in total. The van der Waals surface area contributed by atoms with Gasteiger partial charge in [-0.2, -0.15) is 4.98 Å². The molecule has 148 valence electrons. The van der Waals surface area contributed by atoms with E-state index in [1.54, 1.807) is 11.6 Å². The van der Waals surface area contributed by atoms with E-state index in [2.05, 4.69) is 36.2 Å². The molecular formula is C22H27N3O3. The molecule has 6 heteroatoms. The summed E-state index contributed by atoms with van der Waals surface area (Å²) < 4.78 is 1.77. The highest BCUT2D eigenvalue weighted by atomic mass is 16.3. The third kappa shape index (κ3) is 3.01. The van der Waals surface area contributed by atoms with Crippen molar-refractivity contribution < 1.29 is 9.90 Å². The molecule has 0 saturated heterocycles. The number of hydrogen-bond acceptors (Lipinski definition) is 4. The first-order valence-corrected chi connectivity index (χ1v) is 10.1. The predicted octanol–water partition coefficient (Wildman–Crippen LogP) is 2.65. The molecule has 2 heterocycles. The van der Waals surface area contributed by atoms with Gasteiger partial charge >= 0.3 is 5.56 Å². The second-order valence-electron chi connectivity index (χ2n) is 8.13. The van der Waals surface area contributed by atoms with Gasteiger partial charge in [-0.05, 0) is 30.4 Å². The van der Waals surface area contributed by atoms with E-state index in [1.807, 2.05) is 0 Å². The van der Waals surface area contributed by atoms with Crippen molar-refractivity contribution >= 4 is 5.91 Å². The Hall–Kier alpha value is -2.63. The molecule has 4 rings (SSSR count). The average molecular weight is 381 g/mol. The fraction of sp³-hybridized carbons (Fsp3) is 0.500. The van der Waals surface area contributed by atoms with Crippen LogP contribution < -0.4 is 5.56 Å². The van der Waals surface area contributed by atoms with Gasteiger partial charge in [0.1, 0.15) is 5.82 Å². The zero-order valence-corrected chi connectivity index (χ0v) is 16.6. The van der Waals surface area contributed by atoms with E-state index in [0.717, 1.165) is 32.1 Å². The molecule has 2 aromatic rings. The van der Waals surface area contributed by atoms with Gasteiger partial charge in [-0.3, -0.25) is 9.59 Å². The average Bonchev–Trinajstić information content (AvgIpc) is 3.18. The summed E-state index contributed by atoms with van der Waals surface area (Å²) in [5, 5.41) is 10.2. The van der Waals surface area contributed by atoms with E-state index in [1.165, 1.54) is 16.0 Å². The third-order valence-electron chi connectivity index (χ3n) is 6.45. The standard InChI is InChI=1S/C22H27N3O3/c1-3-15-7-6-8-16(13-15)22(9-4-5-10-22)14-17-23-20(27)19(26)18-21(28)24(2)11-12-25(17)18/h6-8,13,26H,3-5,9-12,14H2,1-2H3. The number of aromatic nitrogens is 2. The van der Waals surface area contributed by atoms with Gasteiger partial charge in [0.05, 0.1) is 0 Å². The first-order valence-electron chi connectivity index (χ1n) is 10.1. The van der Waals surface area contributed by atoms with Gasteiger partial charge in [-0.1, -0.05) is 44.0 Å². The minimum atomic E-state index is -0.708. The Morgan fingerprint density at radius 3 is 2.64 bits per heavy atom. The number of aromatic hydroxyl groups is 1. The number of nitrogens with zero attached hydrogens (tertiary/aromatic N) is 3. The van der Waals surface area contributed by atoms with Gasteiger partial charge in [0, 0.05) is 32.0 Å². The van der Waals surface area contributed by atoms with Crippen LogP contribution in [-0.4, -0.2) is 39.1 Å². The van der Waals surface area contributed by atoms with E-state index < -0.39 is 11.3 Å². The smallest absolute Gasteiger partial charge is 0.315 e. The summed E-state index contributed by atoms with van der Waals surface area (Å²) in [4.78, 5) is 30.7. The number of benzene rings is 1. The zero-order chi connectivity index (χ0) is 19.9. The first kappa shape index (κ1) is 18.7. The molecule has 0 spiro atoms. The molecule has 0 radical (unpaired) electrons. The molecule has 1 fully saturated rings. The fourth-order valence-corrected chi connectivity index (χ4v) is 4.76. The highest BCUT2D eigenvalue weighted by molar-refractivity contribution is 5.95. The van der Waals surface area contributed by atoms with Gasteiger partial charge in [-0.15, -0.1) is 0 Å². The summed E-state index contributed by atoms with van der Waals surface area (Å²) in [5.74, 6) is -0.241. The van der Waals surface area contributed by atoms with Crippen molar-refractivity contribution in [2.75, 3.05) is 13.6 Å². The monoisotopic (exact) mass is 381 g/mol. The molecule has 1 saturated carbocycles. The number of aryl methyl sites for hydroxylation is 1. The SMILES string of the molecule is CCc1cccc(C2(Cc3nc(=O)c(O)c4n3CCN(C)C4=O)CCCC2)c1. The number of likely N-dealkylation sites (N-methyl/N-ethyl adjacent to an activating group) is 1.